The number of rotatable bonds is 2. The van der Waals surface area contributed by atoms with Gasteiger partial charge in [-0.1, -0.05) is 0 Å². The molecule has 14 heavy (non-hydrogen) atoms. The molecule has 1 aromatic heterocycles. The summed E-state index contributed by atoms with van der Waals surface area (Å²) in [6, 6.07) is 0.531. The summed E-state index contributed by atoms with van der Waals surface area (Å²) in [5, 5.41) is 0. The number of nitrogens with two attached hydrogens (primary N) is 1. The van der Waals surface area contributed by atoms with Crippen molar-refractivity contribution in [1.82, 2.24) is 13.6 Å². The van der Waals surface area contributed by atoms with Crippen LogP contribution in [0.5, 0.6) is 0 Å². The van der Waals surface area contributed by atoms with Crippen LogP contribution in [0.25, 0.3) is 0 Å². The molecule has 0 saturated heterocycles. The predicted molar refractivity (Wildman–Crippen MR) is 53.0 cm³/mol. The van der Waals surface area contributed by atoms with Gasteiger partial charge in [0.2, 0.25) is 0 Å². The number of carbonyl (C=O) groups excluding carboxylic acids is 1. The molecule has 6 heteroatoms. The van der Waals surface area contributed by atoms with E-state index in [1.807, 2.05) is 0 Å². The summed E-state index contributed by atoms with van der Waals surface area (Å²) in [6.07, 6.45) is 3.28. The Labute approximate surface area is 86.2 Å². The van der Waals surface area contributed by atoms with Gasteiger partial charge in [-0.2, -0.15) is 8.75 Å². The molecule has 0 aromatic carbocycles. The molecule has 1 aliphatic carbocycles. The van der Waals surface area contributed by atoms with Gasteiger partial charge in [0.1, 0.15) is 0 Å². The highest BCUT2D eigenvalue weighted by molar-refractivity contribution is 6.99. The Morgan fingerprint density at radius 3 is 2.93 bits per heavy atom. The minimum atomic E-state index is -0.0596. The first-order chi connectivity index (χ1) is 6.68. The lowest BCUT2D eigenvalue weighted by molar-refractivity contribution is 0.0620. The van der Waals surface area contributed by atoms with E-state index in [1.165, 1.54) is 6.20 Å². The molecule has 0 atom stereocenters. The topological polar surface area (TPSA) is 72.1 Å². The molecule has 76 valence electrons. The maximum Gasteiger partial charge on any atom is 0.275 e. The molecule has 1 aromatic rings. The first-order valence-corrected chi connectivity index (χ1v) is 5.22. The van der Waals surface area contributed by atoms with Gasteiger partial charge in [0, 0.05) is 19.1 Å². The van der Waals surface area contributed by atoms with Crippen molar-refractivity contribution in [3.05, 3.63) is 11.9 Å². The van der Waals surface area contributed by atoms with E-state index in [0.29, 0.717) is 5.69 Å². The van der Waals surface area contributed by atoms with Crippen LogP contribution in [-0.2, 0) is 0 Å². The lowest BCUT2D eigenvalue weighted by atomic mass is 9.86. The minimum absolute atomic E-state index is 0.0596. The number of hydrogen-bond donors (Lipinski definition) is 1. The molecule has 1 heterocycles. The fraction of sp³-hybridized carbons (Fsp3) is 0.625. The van der Waals surface area contributed by atoms with Gasteiger partial charge in [-0.3, -0.25) is 4.79 Å². The van der Waals surface area contributed by atoms with Gasteiger partial charge in [-0.15, -0.1) is 0 Å². The van der Waals surface area contributed by atoms with Crippen LogP contribution in [0.1, 0.15) is 23.3 Å². The van der Waals surface area contributed by atoms with Crippen LogP contribution in [0.3, 0.4) is 0 Å². The quantitative estimate of drug-likeness (QED) is 0.754. The van der Waals surface area contributed by atoms with Crippen LogP contribution >= 0.6 is 11.7 Å². The summed E-state index contributed by atoms with van der Waals surface area (Å²) in [4.78, 5) is 13.4. The second-order valence-electron chi connectivity index (χ2n) is 3.59. The summed E-state index contributed by atoms with van der Waals surface area (Å²) >= 11 is 1.05. The highest BCUT2D eigenvalue weighted by atomic mass is 32.1. The maximum absolute atomic E-state index is 11.7. The SMILES string of the molecule is CN(C(=O)c1cnsn1)C1CC(N)C1. The molecular weight excluding hydrogens is 200 g/mol. The second-order valence-corrected chi connectivity index (χ2v) is 4.15. The average molecular weight is 212 g/mol. The van der Waals surface area contributed by atoms with E-state index in [0.717, 1.165) is 24.6 Å². The Bertz CT molecular complexity index is 320. The van der Waals surface area contributed by atoms with Crippen molar-refractivity contribution >= 4 is 17.6 Å². The monoisotopic (exact) mass is 212 g/mol. The third kappa shape index (κ3) is 1.62. The minimum Gasteiger partial charge on any atom is -0.337 e. The summed E-state index contributed by atoms with van der Waals surface area (Å²) in [5.74, 6) is -0.0596. The fourth-order valence-electron chi connectivity index (χ4n) is 1.55. The Balaban J connectivity index is 1.99. The largest absolute Gasteiger partial charge is 0.337 e. The van der Waals surface area contributed by atoms with Crippen molar-refractivity contribution in [2.45, 2.75) is 24.9 Å². The zero-order valence-corrected chi connectivity index (χ0v) is 8.70. The highest BCUT2D eigenvalue weighted by Crippen LogP contribution is 2.23. The molecule has 0 unspecified atom stereocenters. The Morgan fingerprint density at radius 1 is 1.71 bits per heavy atom. The molecule has 0 spiro atoms. The number of aromatic nitrogens is 2. The summed E-state index contributed by atoms with van der Waals surface area (Å²) in [7, 11) is 1.79. The Kier molecular flexibility index (Phi) is 2.47. The molecule has 0 bridgehead atoms. The molecule has 2 N–H and O–H groups in total. The van der Waals surface area contributed by atoms with Crippen LogP contribution < -0.4 is 5.73 Å². The van der Waals surface area contributed by atoms with Crippen LogP contribution in [0.2, 0.25) is 0 Å². The molecule has 5 nitrogen and oxygen atoms in total. The van der Waals surface area contributed by atoms with Gasteiger partial charge in [-0.05, 0) is 12.8 Å². The van der Waals surface area contributed by atoms with Gasteiger partial charge in [0.05, 0.1) is 17.9 Å². The van der Waals surface area contributed by atoms with E-state index in [2.05, 4.69) is 8.75 Å². The molecule has 0 radical (unpaired) electrons. The number of carbonyl (C=O) groups is 1. The number of amides is 1. The van der Waals surface area contributed by atoms with E-state index in [9.17, 15) is 4.79 Å². The van der Waals surface area contributed by atoms with Crippen LogP contribution in [0, 0.1) is 0 Å². The van der Waals surface area contributed by atoms with Gasteiger partial charge in [-0.25, -0.2) is 0 Å². The summed E-state index contributed by atoms with van der Waals surface area (Å²) < 4.78 is 7.71. The standard InChI is InChI=1S/C8H12N4OS/c1-12(6-2-5(9)3-6)8(13)7-4-10-14-11-7/h4-6H,2-3,9H2,1H3. The third-order valence-electron chi connectivity index (χ3n) is 2.60. The lowest BCUT2D eigenvalue weighted by Gasteiger charge is -2.38. The average Bonchev–Trinajstić information content (AvgIpc) is 2.63. The first kappa shape index (κ1) is 9.54. The molecular formula is C8H12N4OS. The number of nitrogens with zero attached hydrogens (tertiary/aromatic N) is 3. The van der Waals surface area contributed by atoms with Gasteiger partial charge < -0.3 is 10.6 Å². The molecule has 1 aliphatic rings. The maximum atomic E-state index is 11.7. The fourth-order valence-corrected chi connectivity index (χ4v) is 1.96. The Hall–Kier alpha value is -1.01. The van der Waals surface area contributed by atoms with Crippen LogP contribution in [0.4, 0.5) is 0 Å². The van der Waals surface area contributed by atoms with Gasteiger partial charge in [0.15, 0.2) is 5.69 Å². The van der Waals surface area contributed by atoms with Crippen molar-refractivity contribution in [2.24, 2.45) is 5.73 Å². The van der Waals surface area contributed by atoms with Crippen molar-refractivity contribution in [2.75, 3.05) is 7.05 Å². The molecule has 1 saturated carbocycles. The van der Waals surface area contributed by atoms with Crippen LogP contribution in [-0.4, -0.2) is 38.7 Å². The van der Waals surface area contributed by atoms with Crippen molar-refractivity contribution in [3.8, 4) is 0 Å². The smallest absolute Gasteiger partial charge is 0.275 e. The number of hydrogen-bond acceptors (Lipinski definition) is 5. The highest BCUT2D eigenvalue weighted by Gasteiger charge is 2.32. The summed E-state index contributed by atoms with van der Waals surface area (Å²) in [6.45, 7) is 0. The summed E-state index contributed by atoms with van der Waals surface area (Å²) in [5.41, 5.74) is 6.09. The predicted octanol–water partition coefficient (Wildman–Crippen LogP) is 0.0998. The van der Waals surface area contributed by atoms with Crippen LogP contribution in [0.15, 0.2) is 6.20 Å². The lowest BCUT2D eigenvalue weighted by Crippen LogP contribution is -2.51. The zero-order valence-electron chi connectivity index (χ0n) is 7.88. The normalized spacial score (nSPS) is 25.6. The Morgan fingerprint density at radius 2 is 2.43 bits per heavy atom. The molecule has 1 fully saturated rings. The van der Waals surface area contributed by atoms with E-state index in [1.54, 1.807) is 11.9 Å². The molecule has 1 amide bonds. The van der Waals surface area contributed by atoms with E-state index in [4.69, 9.17) is 5.73 Å². The molecule has 0 aliphatic heterocycles. The van der Waals surface area contributed by atoms with E-state index >= 15 is 0 Å². The van der Waals surface area contributed by atoms with E-state index in [-0.39, 0.29) is 18.0 Å². The van der Waals surface area contributed by atoms with Crippen molar-refractivity contribution in [3.63, 3.8) is 0 Å². The first-order valence-electron chi connectivity index (χ1n) is 4.49. The van der Waals surface area contributed by atoms with Gasteiger partial charge in [0.25, 0.3) is 5.91 Å². The van der Waals surface area contributed by atoms with Crippen molar-refractivity contribution < 1.29 is 4.79 Å². The molecule has 2 rings (SSSR count). The zero-order chi connectivity index (χ0) is 10.1. The van der Waals surface area contributed by atoms with Crippen molar-refractivity contribution in [1.29, 1.82) is 0 Å². The third-order valence-corrected chi connectivity index (χ3v) is 3.08. The van der Waals surface area contributed by atoms with E-state index < -0.39 is 0 Å². The second kappa shape index (κ2) is 3.62. The van der Waals surface area contributed by atoms with Gasteiger partial charge >= 0.3 is 0 Å².